The molecule has 1 aromatic carbocycles. The van der Waals surface area contributed by atoms with Crippen molar-refractivity contribution in [2.24, 2.45) is 17.8 Å². The second-order valence-corrected chi connectivity index (χ2v) is 10.6. The number of carbonyl (C=O) groups is 2. The minimum atomic E-state index is -0.546. The van der Waals surface area contributed by atoms with Gasteiger partial charge in [0.25, 0.3) is 5.91 Å². The number of benzene rings is 1. The summed E-state index contributed by atoms with van der Waals surface area (Å²) in [5.41, 5.74) is 1.65. The largest absolute Gasteiger partial charge is 0.378 e. The van der Waals surface area contributed by atoms with E-state index in [0.29, 0.717) is 30.4 Å². The fraction of sp³-hybridized carbons (Fsp3) is 0.704. The number of anilines is 1. The Kier molecular flexibility index (Phi) is 11.8. The summed E-state index contributed by atoms with van der Waals surface area (Å²) in [4.78, 5) is 30.5. The molecule has 1 atom stereocenters. The first-order chi connectivity index (χ1) is 16.2. The van der Waals surface area contributed by atoms with Gasteiger partial charge in [0.05, 0.1) is 13.2 Å². The highest BCUT2D eigenvalue weighted by Gasteiger charge is 2.23. The van der Waals surface area contributed by atoms with Gasteiger partial charge in [-0.15, -0.1) is 0 Å². The Morgan fingerprint density at radius 3 is 2.06 bits per heavy atom. The highest BCUT2D eigenvalue weighted by atomic mass is 16.5. The number of nitrogens with one attached hydrogen (secondary N) is 2. The van der Waals surface area contributed by atoms with E-state index in [4.69, 9.17) is 4.74 Å². The van der Waals surface area contributed by atoms with Crippen LogP contribution >= 0.6 is 0 Å². The molecule has 34 heavy (non-hydrogen) atoms. The molecule has 0 aromatic heterocycles. The van der Waals surface area contributed by atoms with Crippen LogP contribution in [0.5, 0.6) is 0 Å². The van der Waals surface area contributed by atoms with Crippen molar-refractivity contribution in [1.29, 1.82) is 0 Å². The Bertz CT molecular complexity index is 733. The maximum absolute atomic E-state index is 13.0. The summed E-state index contributed by atoms with van der Waals surface area (Å²) in [5.74, 6) is 1.13. The molecule has 0 aliphatic carbocycles. The first kappa shape index (κ1) is 28.1. The minimum absolute atomic E-state index is 0.110. The number of hydrogen-bond acceptors (Lipinski definition) is 5. The van der Waals surface area contributed by atoms with Crippen LogP contribution in [0.1, 0.15) is 58.3 Å². The van der Waals surface area contributed by atoms with Crippen molar-refractivity contribution in [3.8, 4) is 0 Å². The molecule has 7 nitrogen and oxygen atoms in total. The highest BCUT2D eigenvalue weighted by molar-refractivity contribution is 5.97. The first-order valence-electron chi connectivity index (χ1n) is 12.9. The first-order valence-corrected chi connectivity index (χ1v) is 12.9. The van der Waals surface area contributed by atoms with Crippen molar-refractivity contribution in [1.82, 2.24) is 15.5 Å². The van der Waals surface area contributed by atoms with Gasteiger partial charge in [0.2, 0.25) is 5.91 Å². The van der Waals surface area contributed by atoms with E-state index >= 15 is 0 Å². The van der Waals surface area contributed by atoms with Gasteiger partial charge in [-0.1, -0.05) is 41.5 Å². The summed E-state index contributed by atoms with van der Waals surface area (Å²) in [7, 11) is 0. The van der Waals surface area contributed by atoms with Gasteiger partial charge in [0.15, 0.2) is 0 Å². The third-order valence-electron chi connectivity index (χ3n) is 5.81. The van der Waals surface area contributed by atoms with Crippen LogP contribution in [0.4, 0.5) is 5.69 Å². The van der Waals surface area contributed by atoms with Crippen LogP contribution in [0.25, 0.3) is 0 Å². The van der Waals surface area contributed by atoms with Gasteiger partial charge < -0.3 is 25.2 Å². The molecule has 0 saturated carbocycles. The van der Waals surface area contributed by atoms with E-state index in [0.717, 1.165) is 51.6 Å². The molecule has 0 radical (unpaired) electrons. The average molecular weight is 475 g/mol. The van der Waals surface area contributed by atoms with E-state index < -0.39 is 6.04 Å². The molecule has 1 aliphatic heterocycles. The number of morpholine rings is 1. The lowest BCUT2D eigenvalue weighted by molar-refractivity contribution is -0.123. The molecule has 1 heterocycles. The van der Waals surface area contributed by atoms with Crippen LogP contribution in [0.15, 0.2) is 24.3 Å². The van der Waals surface area contributed by atoms with Crippen LogP contribution < -0.4 is 15.5 Å². The second kappa shape index (κ2) is 14.3. The number of hydrogen-bond donors (Lipinski definition) is 2. The molecule has 192 valence electrons. The van der Waals surface area contributed by atoms with Crippen molar-refractivity contribution in [3.05, 3.63) is 29.8 Å². The van der Waals surface area contributed by atoms with E-state index in [-0.39, 0.29) is 17.7 Å². The van der Waals surface area contributed by atoms with Crippen molar-refractivity contribution >= 4 is 17.5 Å². The van der Waals surface area contributed by atoms with Crippen molar-refractivity contribution in [2.75, 3.05) is 57.4 Å². The molecule has 0 bridgehead atoms. The lowest BCUT2D eigenvalue weighted by atomic mass is 10.0. The highest BCUT2D eigenvalue weighted by Crippen LogP contribution is 2.17. The lowest BCUT2D eigenvalue weighted by Gasteiger charge is -2.29. The zero-order valence-corrected chi connectivity index (χ0v) is 22.1. The molecule has 1 saturated heterocycles. The maximum Gasteiger partial charge on any atom is 0.251 e. The van der Waals surface area contributed by atoms with Gasteiger partial charge in [-0.05, 0) is 48.4 Å². The zero-order chi connectivity index (χ0) is 25.1. The van der Waals surface area contributed by atoms with Gasteiger partial charge in [0, 0.05) is 50.5 Å². The smallest absolute Gasteiger partial charge is 0.251 e. The van der Waals surface area contributed by atoms with Crippen molar-refractivity contribution in [2.45, 2.75) is 54.0 Å². The third-order valence-corrected chi connectivity index (χ3v) is 5.81. The maximum atomic E-state index is 13.0. The molecule has 1 aliphatic rings. The second-order valence-electron chi connectivity index (χ2n) is 10.6. The standard InChI is InChI=1S/C27H46N4O3/c1-20(2)17-25(27(33)28-11-12-30(18-21(3)4)19-22(5)6)29-26(32)23-7-9-24(10-8-23)31-13-15-34-16-14-31/h7-10,20-22,25H,11-19H2,1-6H3,(H,28,33)(H,29,32)/t25-/m0/s1. The van der Waals surface area contributed by atoms with Crippen molar-refractivity contribution in [3.63, 3.8) is 0 Å². The molecule has 1 fully saturated rings. The molecule has 2 rings (SSSR count). The molecule has 2 amide bonds. The van der Waals surface area contributed by atoms with Gasteiger partial charge in [0.1, 0.15) is 6.04 Å². The molecular formula is C27H46N4O3. The Hall–Kier alpha value is -2.12. The Morgan fingerprint density at radius 2 is 1.53 bits per heavy atom. The average Bonchev–Trinajstić information content (AvgIpc) is 2.78. The van der Waals surface area contributed by atoms with E-state index in [1.54, 1.807) is 0 Å². The Morgan fingerprint density at radius 1 is 0.941 bits per heavy atom. The molecule has 7 heteroatoms. The quantitative estimate of drug-likeness (QED) is 0.458. The van der Waals surface area contributed by atoms with Crippen LogP contribution in [-0.4, -0.2) is 75.2 Å². The van der Waals surface area contributed by atoms with E-state index in [9.17, 15) is 9.59 Å². The normalized spacial score (nSPS) is 15.3. The van der Waals surface area contributed by atoms with Gasteiger partial charge in [-0.3, -0.25) is 9.59 Å². The number of nitrogens with zero attached hydrogens (tertiary/aromatic N) is 2. The predicted octanol–water partition coefficient (Wildman–Crippen LogP) is 3.40. The molecule has 1 aromatic rings. The monoisotopic (exact) mass is 474 g/mol. The van der Waals surface area contributed by atoms with Gasteiger partial charge in [-0.25, -0.2) is 0 Å². The Labute approximate surface area is 206 Å². The van der Waals surface area contributed by atoms with Crippen LogP contribution in [0, 0.1) is 17.8 Å². The molecular weight excluding hydrogens is 428 g/mol. The molecule has 2 N–H and O–H groups in total. The minimum Gasteiger partial charge on any atom is -0.378 e. The predicted molar refractivity (Wildman–Crippen MR) is 139 cm³/mol. The fourth-order valence-electron chi connectivity index (χ4n) is 4.34. The topological polar surface area (TPSA) is 73.9 Å². The van der Waals surface area contributed by atoms with E-state index in [1.807, 2.05) is 24.3 Å². The number of carbonyl (C=O) groups excluding carboxylic acids is 2. The van der Waals surface area contributed by atoms with E-state index in [1.165, 1.54) is 0 Å². The van der Waals surface area contributed by atoms with Crippen LogP contribution in [0.3, 0.4) is 0 Å². The number of rotatable bonds is 13. The lowest BCUT2D eigenvalue weighted by Crippen LogP contribution is -2.49. The van der Waals surface area contributed by atoms with Crippen LogP contribution in [0.2, 0.25) is 0 Å². The third kappa shape index (κ3) is 10.0. The van der Waals surface area contributed by atoms with Gasteiger partial charge >= 0.3 is 0 Å². The molecule has 0 spiro atoms. The summed E-state index contributed by atoms with van der Waals surface area (Å²) >= 11 is 0. The van der Waals surface area contributed by atoms with Crippen molar-refractivity contribution < 1.29 is 14.3 Å². The van der Waals surface area contributed by atoms with Gasteiger partial charge in [-0.2, -0.15) is 0 Å². The zero-order valence-electron chi connectivity index (χ0n) is 22.1. The summed E-state index contributed by atoms with van der Waals surface area (Å²) in [5, 5.41) is 6.03. The van der Waals surface area contributed by atoms with Crippen LogP contribution in [-0.2, 0) is 9.53 Å². The summed E-state index contributed by atoms with van der Waals surface area (Å²) in [6.07, 6.45) is 0.602. The number of ether oxygens (including phenoxy) is 1. The summed E-state index contributed by atoms with van der Waals surface area (Å²) in [6, 6.07) is 7.06. The summed E-state index contributed by atoms with van der Waals surface area (Å²) in [6.45, 7) is 19.6. The Balaban J connectivity index is 1.93. The summed E-state index contributed by atoms with van der Waals surface area (Å²) < 4.78 is 5.41. The molecule has 0 unspecified atom stereocenters. The SMILES string of the molecule is CC(C)C[C@H](NC(=O)c1ccc(N2CCOCC2)cc1)C(=O)NCCN(CC(C)C)CC(C)C. The fourth-order valence-corrected chi connectivity index (χ4v) is 4.34. The van der Waals surface area contributed by atoms with E-state index in [2.05, 4.69) is 62.0 Å². The number of amides is 2.